The Balaban J connectivity index is 1.89. The van der Waals surface area contributed by atoms with E-state index in [0.29, 0.717) is 5.56 Å². The molecule has 1 aromatic heterocycles. The molecule has 10 heteroatoms. The van der Waals surface area contributed by atoms with E-state index in [-0.39, 0.29) is 39.7 Å². The van der Waals surface area contributed by atoms with E-state index in [2.05, 4.69) is 4.98 Å². The van der Waals surface area contributed by atoms with Gasteiger partial charge in [-0.1, -0.05) is 29.8 Å². The van der Waals surface area contributed by atoms with Crippen molar-refractivity contribution >= 4 is 29.1 Å². The highest BCUT2D eigenvalue weighted by Crippen LogP contribution is 2.43. The van der Waals surface area contributed by atoms with E-state index < -0.39 is 35.2 Å². The summed E-state index contributed by atoms with van der Waals surface area (Å²) >= 11 is 6.27. The molecule has 0 radical (unpaired) electrons. The van der Waals surface area contributed by atoms with E-state index in [9.17, 15) is 27.9 Å². The number of aliphatic hydroxyl groups excluding tert-OH is 1. The van der Waals surface area contributed by atoms with E-state index >= 15 is 0 Å². The zero-order valence-corrected chi connectivity index (χ0v) is 19.9. The van der Waals surface area contributed by atoms with E-state index in [1.807, 2.05) is 0 Å². The minimum atomic E-state index is -4.58. The smallest absolute Gasteiger partial charge is 0.416 e. The van der Waals surface area contributed by atoms with E-state index in [1.165, 1.54) is 25.4 Å². The highest BCUT2D eigenvalue weighted by Gasteiger charge is 2.47. The van der Waals surface area contributed by atoms with Gasteiger partial charge in [0.2, 0.25) is 0 Å². The summed E-state index contributed by atoms with van der Waals surface area (Å²) in [5.41, 5.74) is 0.0120. The maximum Gasteiger partial charge on any atom is 0.416 e. The SMILES string of the molecule is COc1c(Cl)cc(C)cc1/C(O)=C1\C(=O)C(=O)N(Cc2cccc(C(F)(F)F)c2)C1c1ccccn1. The van der Waals surface area contributed by atoms with Gasteiger partial charge in [0.15, 0.2) is 0 Å². The predicted octanol–water partition coefficient (Wildman–Crippen LogP) is 5.69. The number of likely N-dealkylation sites (tertiary alicyclic amines) is 1. The van der Waals surface area contributed by atoms with Crippen LogP contribution in [0, 0.1) is 6.92 Å². The number of ether oxygens (including phenoxy) is 1. The fourth-order valence-electron chi connectivity index (χ4n) is 4.19. The number of carbonyl (C=O) groups is 2. The molecule has 186 valence electrons. The van der Waals surface area contributed by atoms with Crippen LogP contribution in [0.1, 0.15) is 34.0 Å². The van der Waals surface area contributed by atoms with Crippen molar-refractivity contribution in [2.24, 2.45) is 0 Å². The number of Topliss-reactive ketones (excluding diaryl/α,β-unsaturated/α-hetero) is 1. The molecule has 1 saturated heterocycles. The Morgan fingerprint density at radius 2 is 1.89 bits per heavy atom. The lowest BCUT2D eigenvalue weighted by atomic mass is 9.97. The maximum absolute atomic E-state index is 13.2. The van der Waals surface area contributed by atoms with Gasteiger partial charge >= 0.3 is 6.18 Å². The van der Waals surface area contributed by atoms with Gasteiger partial charge in [-0.25, -0.2) is 0 Å². The van der Waals surface area contributed by atoms with Gasteiger partial charge in [0.05, 0.1) is 34.5 Å². The Morgan fingerprint density at radius 3 is 2.53 bits per heavy atom. The number of hydrogen-bond donors (Lipinski definition) is 1. The Kier molecular flexibility index (Phi) is 6.77. The van der Waals surface area contributed by atoms with Gasteiger partial charge < -0.3 is 14.7 Å². The van der Waals surface area contributed by atoms with Crippen LogP contribution in [0.15, 0.2) is 66.4 Å². The van der Waals surface area contributed by atoms with Gasteiger partial charge in [-0.3, -0.25) is 14.6 Å². The van der Waals surface area contributed by atoms with Crippen LogP contribution in [-0.4, -0.2) is 33.8 Å². The number of pyridine rings is 1. The van der Waals surface area contributed by atoms with Gasteiger partial charge in [0.25, 0.3) is 11.7 Å². The molecule has 1 aliphatic heterocycles. The molecule has 4 rings (SSSR count). The third-order valence-electron chi connectivity index (χ3n) is 5.76. The van der Waals surface area contributed by atoms with Crippen molar-refractivity contribution in [2.75, 3.05) is 7.11 Å². The molecule has 1 amide bonds. The molecule has 0 spiro atoms. The second-order valence-electron chi connectivity index (χ2n) is 8.21. The molecule has 2 aromatic carbocycles. The molecule has 3 aromatic rings. The highest BCUT2D eigenvalue weighted by molar-refractivity contribution is 6.46. The number of carbonyl (C=O) groups excluding carboxylic acids is 2. The molecule has 6 nitrogen and oxygen atoms in total. The second-order valence-corrected chi connectivity index (χ2v) is 8.61. The molecule has 1 unspecified atom stereocenters. The number of amides is 1. The zero-order chi connectivity index (χ0) is 26.2. The molecule has 2 heterocycles. The number of benzene rings is 2. The Labute approximate surface area is 209 Å². The summed E-state index contributed by atoms with van der Waals surface area (Å²) in [7, 11) is 1.34. The standard InChI is InChI=1S/C26H20ClF3N2O4/c1-14-10-17(24(36-2)18(27)11-14)22(33)20-21(19-8-3-4-9-31-19)32(25(35)23(20)34)13-15-6-5-7-16(12-15)26(28,29)30/h3-12,21,33H,13H2,1-2H3/b22-20+. The lowest BCUT2D eigenvalue weighted by molar-refractivity contribution is -0.140. The lowest BCUT2D eigenvalue weighted by Crippen LogP contribution is -2.29. The molecule has 36 heavy (non-hydrogen) atoms. The number of alkyl halides is 3. The molecule has 1 N–H and O–H groups in total. The number of aromatic nitrogens is 1. The van der Waals surface area contributed by atoms with Gasteiger partial charge in [0.1, 0.15) is 17.6 Å². The average molecular weight is 517 g/mol. The summed E-state index contributed by atoms with van der Waals surface area (Å²) < 4.78 is 45.1. The summed E-state index contributed by atoms with van der Waals surface area (Å²) in [4.78, 5) is 31.7. The predicted molar refractivity (Wildman–Crippen MR) is 126 cm³/mol. The van der Waals surface area contributed by atoms with Crippen molar-refractivity contribution < 1.29 is 32.6 Å². The largest absolute Gasteiger partial charge is 0.507 e. The van der Waals surface area contributed by atoms with Crippen molar-refractivity contribution in [1.82, 2.24) is 9.88 Å². The van der Waals surface area contributed by atoms with Crippen molar-refractivity contribution in [3.05, 3.63) is 99.3 Å². The number of aliphatic hydroxyl groups is 1. The van der Waals surface area contributed by atoms with Crippen LogP contribution >= 0.6 is 11.6 Å². The molecule has 0 aliphatic carbocycles. The van der Waals surface area contributed by atoms with Crippen LogP contribution in [0.25, 0.3) is 5.76 Å². The van der Waals surface area contributed by atoms with E-state index in [0.717, 1.165) is 17.0 Å². The van der Waals surface area contributed by atoms with Gasteiger partial charge in [-0.2, -0.15) is 13.2 Å². The van der Waals surface area contributed by atoms with Crippen LogP contribution in [0.4, 0.5) is 13.2 Å². The average Bonchev–Trinajstić information content (AvgIpc) is 3.08. The van der Waals surface area contributed by atoms with Crippen LogP contribution in [0.5, 0.6) is 5.75 Å². The maximum atomic E-state index is 13.2. The number of nitrogens with zero attached hydrogens (tertiary/aromatic N) is 2. The minimum absolute atomic E-state index is 0.0977. The first-order valence-electron chi connectivity index (χ1n) is 10.7. The van der Waals surface area contributed by atoms with Crippen molar-refractivity contribution in [3.63, 3.8) is 0 Å². The minimum Gasteiger partial charge on any atom is -0.507 e. The van der Waals surface area contributed by atoms with Crippen LogP contribution < -0.4 is 4.74 Å². The number of aryl methyl sites for hydroxylation is 1. The summed E-state index contributed by atoms with van der Waals surface area (Å²) in [5.74, 6) is -2.42. The second kappa shape index (κ2) is 9.66. The highest BCUT2D eigenvalue weighted by atomic mass is 35.5. The Hall–Kier alpha value is -3.85. The summed E-state index contributed by atoms with van der Waals surface area (Å²) in [6.07, 6.45) is -3.13. The van der Waals surface area contributed by atoms with Crippen molar-refractivity contribution in [3.8, 4) is 5.75 Å². The van der Waals surface area contributed by atoms with Crippen LogP contribution in [0.3, 0.4) is 0 Å². The third-order valence-corrected chi connectivity index (χ3v) is 6.04. The van der Waals surface area contributed by atoms with E-state index in [1.54, 1.807) is 37.3 Å². The monoisotopic (exact) mass is 516 g/mol. The number of rotatable bonds is 5. The fraction of sp³-hybridized carbons (Fsp3) is 0.192. The number of hydrogen-bond acceptors (Lipinski definition) is 5. The Bertz CT molecular complexity index is 1370. The third kappa shape index (κ3) is 4.66. The summed E-state index contributed by atoms with van der Waals surface area (Å²) in [6.45, 7) is 1.41. The quantitative estimate of drug-likeness (QED) is 0.268. The van der Waals surface area contributed by atoms with Crippen molar-refractivity contribution in [1.29, 1.82) is 0 Å². The normalized spacial score (nSPS) is 17.5. The first-order chi connectivity index (χ1) is 17.0. The molecule has 1 atom stereocenters. The van der Waals surface area contributed by atoms with Crippen LogP contribution in [-0.2, 0) is 22.3 Å². The topological polar surface area (TPSA) is 79.7 Å². The molecule has 1 aliphatic rings. The van der Waals surface area contributed by atoms with Gasteiger partial charge in [-0.15, -0.1) is 0 Å². The first kappa shape index (κ1) is 25.2. The molecule has 0 bridgehead atoms. The molecular formula is C26H20ClF3N2O4. The lowest BCUT2D eigenvalue weighted by Gasteiger charge is -2.25. The first-order valence-corrected chi connectivity index (χ1v) is 11.1. The summed E-state index contributed by atoms with van der Waals surface area (Å²) in [6, 6.07) is 11.3. The van der Waals surface area contributed by atoms with Crippen molar-refractivity contribution in [2.45, 2.75) is 25.7 Å². The molecule has 0 saturated carbocycles. The summed E-state index contributed by atoms with van der Waals surface area (Å²) in [5, 5.41) is 11.5. The van der Waals surface area contributed by atoms with E-state index in [4.69, 9.17) is 16.3 Å². The van der Waals surface area contributed by atoms with Gasteiger partial charge in [-0.05, 0) is 54.4 Å². The Morgan fingerprint density at radius 1 is 1.14 bits per heavy atom. The number of halogens is 4. The fourth-order valence-corrected chi connectivity index (χ4v) is 4.54. The number of ketones is 1. The number of methoxy groups -OCH3 is 1. The zero-order valence-electron chi connectivity index (χ0n) is 19.1. The van der Waals surface area contributed by atoms with Gasteiger partial charge in [0, 0.05) is 12.7 Å². The molecular weight excluding hydrogens is 497 g/mol. The van der Waals surface area contributed by atoms with Crippen LogP contribution in [0.2, 0.25) is 5.02 Å². The molecule has 1 fully saturated rings.